The Kier molecular flexibility index (Phi) is 3.17. The summed E-state index contributed by atoms with van der Waals surface area (Å²) in [5.41, 5.74) is 4.61. The number of nitrogen functional groups attached to an aromatic ring is 2. The summed E-state index contributed by atoms with van der Waals surface area (Å²) in [5, 5.41) is 3.73. The monoisotopic (exact) mass is 402 g/mol. The van der Waals surface area contributed by atoms with E-state index >= 15 is 0 Å². The van der Waals surface area contributed by atoms with Crippen molar-refractivity contribution in [2.45, 2.75) is 13.3 Å². The van der Waals surface area contributed by atoms with E-state index in [0.717, 1.165) is 28.2 Å². The average molecular weight is 403 g/mol. The predicted octanol–water partition coefficient (Wildman–Crippen LogP) is 5.35. The number of hydrogen-bond acceptors (Lipinski definition) is 4. The lowest BCUT2D eigenvalue weighted by atomic mass is 10.1. The molecule has 138 valence electrons. The number of hydrogen-bond donors (Lipinski definition) is 2. The van der Waals surface area contributed by atoms with Crippen LogP contribution in [0.1, 0.15) is 17.0 Å². The molecule has 0 amide bonds. The number of benzene rings is 2. The molecular weight excluding hydrogens is 384 g/mol. The molecular formula is C22H18N4S2. The predicted molar refractivity (Wildman–Crippen MR) is 122 cm³/mol. The van der Waals surface area contributed by atoms with Crippen LogP contribution in [0, 0.1) is 6.92 Å². The zero-order valence-electron chi connectivity index (χ0n) is 15.3. The Bertz CT molecular complexity index is 1530. The van der Waals surface area contributed by atoms with Crippen molar-refractivity contribution in [3.8, 4) is 0 Å². The molecule has 2 aromatic carbocycles. The summed E-state index contributed by atoms with van der Waals surface area (Å²) in [6.07, 6.45) is 0.811. The molecule has 0 spiro atoms. The van der Waals surface area contributed by atoms with Crippen LogP contribution in [0.4, 0.5) is 0 Å². The van der Waals surface area contributed by atoms with Gasteiger partial charge in [-0.15, -0.1) is 22.7 Å². The van der Waals surface area contributed by atoms with E-state index in [1.807, 2.05) is 11.6 Å². The van der Waals surface area contributed by atoms with Crippen LogP contribution in [0.3, 0.4) is 0 Å². The Hall–Kier alpha value is -2.96. The zero-order chi connectivity index (χ0) is 19.0. The molecule has 0 saturated carbocycles. The van der Waals surface area contributed by atoms with Gasteiger partial charge >= 0.3 is 0 Å². The second-order valence-corrected chi connectivity index (χ2v) is 9.42. The van der Waals surface area contributed by atoms with Crippen LogP contribution in [-0.2, 0) is 6.42 Å². The first kappa shape index (κ1) is 16.0. The maximum atomic E-state index is 6.50. The summed E-state index contributed by atoms with van der Waals surface area (Å²) in [6, 6.07) is 19.5. The SMILES string of the molecule is Cc1cc2c3ccc(Cc4cc5sc6ccccc6c5n4N)cc3sc2n1N. The topological polar surface area (TPSA) is 61.9 Å². The van der Waals surface area contributed by atoms with Crippen LogP contribution in [-0.4, -0.2) is 9.35 Å². The lowest BCUT2D eigenvalue weighted by Crippen LogP contribution is -2.11. The number of fused-ring (bicyclic) bond motifs is 6. The Labute approximate surface area is 169 Å². The highest BCUT2D eigenvalue weighted by Gasteiger charge is 2.15. The summed E-state index contributed by atoms with van der Waals surface area (Å²) in [4.78, 5) is 1.12. The molecule has 4 nitrogen and oxygen atoms in total. The number of nitrogens with zero attached hydrogens (tertiary/aromatic N) is 2. The third-order valence-corrected chi connectivity index (χ3v) is 7.83. The van der Waals surface area contributed by atoms with Crippen LogP contribution in [0.25, 0.3) is 40.6 Å². The summed E-state index contributed by atoms with van der Waals surface area (Å²) < 4.78 is 7.44. The van der Waals surface area contributed by atoms with Crippen molar-refractivity contribution in [2.24, 2.45) is 0 Å². The fourth-order valence-electron chi connectivity index (χ4n) is 4.12. The Morgan fingerprint density at radius 2 is 1.64 bits per heavy atom. The van der Waals surface area contributed by atoms with Crippen LogP contribution >= 0.6 is 22.7 Å². The van der Waals surface area contributed by atoms with E-state index in [1.54, 1.807) is 27.3 Å². The highest BCUT2D eigenvalue weighted by molar-refractivity contribution is 7.26. The lowest BCUT2D eigenvalue weighted by Gasteiger charge is -2.05. The number of aromatic nitrogens is 2. The molecule has 0 atom stereocenters. The summed E-state index contributed by atoms with van der Waals surface area (Å²) in [7, 11) is 0. The Balaban J connectivity index is 1.45. The van der Waals surface area contributed by atoms with E-state index in [0.29, 0.717) is 0 Å². The third-order valence-electron chi connectivity index (χ3n) is 5.55. The van der Waals surface area contributed by atoms with Crippen LogP contribution in [0.15, 0.2) is 54.6 Å². The van der Waals surface area contributed by atoms with Crippen molar-refractivity contribution < 1.29 is 0 Å². The number of nitrogens with two attached hydrogens (primary N) is 2. The van der Waals surface area contributed by atoms with Gasteiger partial charge in [0.15, 0.2) is 0 Å². The molecule has 4 N–H and O–H groups in total. The molecule has 0 fully saturated rings. The summed E-state index contributed by atoms with van der Waals surface area (Å²) >= 11 is 3.55. The maximum absolute atomic E-state index is 6.50. The van der Waals surface area contributed by atoms with Crippen molar-refractivity contribution in [1.82, 2.24) is 9.35 Å². The first-order chi connectivity index (χ1) is 13.6. The second-order valence-electron chi connectivity index (χ2n) is 7.30. The van der Waals surface area contributed by atoms with Gasteiger partial charge in [0.05, 0.1) is 10.2 Å². The molecule has 6 aromatic rings. The molecule has 0 radical (unpaired) electrons. The number of rotatable bonds is 2. The van der Waals surface area contributed by atoms with Gasteiger partial charge < -0.3 is 11.7 Å². The minimum atomic E-state index is 0.811. The van der Waals surface area contributed by atoms with E-state index in [-0.39, 0.29) is 0 Å². The molecule has 0 saturated heterocycles. The van der Waals surface area contributed by atoms with E-state index in [1.165, 1.54) is 35.8 Å². The lowest BCUT2D eigenvalue weighted by molar-refractivity contribution is 0.949. The molecule has 28 heavy (non-hydrogen) atoms. The maximum Gasteiger partial charge on any atom is 0.123 e. The van der Waals surface area contributed by atoms with Gasteiger partial charge in [0.25, 0.3) is 0 Å². The standard InChI is InChI=1S/C22H18N4S2/c1-12-8-17-15-7-6-13(10-19(15)28-22(17)25(12)23)9-14-11-20-21(26(14)24)16-4-2-3-5-18(16)27-20/h2-8,10-11H,9,23-24H2,1H3. The van der Waals surface area contributed by atoms with Crippen molar-refractivity contribution in [2.75, 3.05) is 11.7 Å². The van der Waals surface area contributed by atoms with E-state index < -0.39 is 0 Å². The highest BCUT2D eigenvalue weighted by atomic mass is 32.1. The molecule has 0 aliphatic heterocycles. The molecule has 6 rings (SSSR count). The first-order valence-electron chi connectivity index (χ1n) is 9.15. The molecule has 6 heteroatoms. The largest absolute Gasteiger partial charge is 0.339 e. The average Bonchev–Trinajstić information content (AvgIpc) is 3.38. The molecule has 0 aliphatic rings. The zero-order valence-corrected chi connectivity index (χ0v) is 16.9. The van der Waals surface area contributed by atoms with Crippen LogP contribution < -0.4 is 11.7 Å². The van der Waals surface area contributed by atoms with Crippen molar-refractivity contribution in [3.63, 3.8) is 0 Å². The van der Waals surface area contributed by atoms with Crippen molar-refractivity contribution in [1.29, 1.82) is 0 Å². The Morgan fingerprint density at radius 1 is 0.786 bits per heavy atom. The third kappa shape index (κ3) is 2.10. The van der Waals surface area contributed by atoms with Gasteiger partial charge in [-0.2, -0.15) is 0 Å². The van der Waals surface area contributed by atoms with E-state index in [2.05, 4.69) is 54.6 Å². The molecule has 4 aromatic heterocycles. The van der Waals surface area contributed by atoms with Gasteiger partial charge in [0.1, 0.15) is 4.83 Å². The number of thiophene rings is 2. The summed E-state index contributed by atoms with van der Waals surface area (Å²) in [5.74, 6) is 12.7. The van der Waals surface area contributed by atoms with Gasteiger partial charge in [-0.1, -0.05) is 30.3 Å². The van der Waals surface area contributed by atoms with E-state index in [9.17, 15) is 0 Å². The minimum absolute atomic E-state index is 0.811. The quantitative estimate of drug-likeness (QED) is 0.383. The smallest absolute Gasteiger partial charge is 0.123 e. The fraction of sp³-hybridized carbons (Fsp3) is 0.0909. The molecule has 0 unspecified atom stereocenters. The Morgan fingerprint density at radius 3 is 2.54 bits per heavy atom. The summed E-state index contributed by atoms with van der Waals surface area (Å²) in [6.45, 7) is 2.04. The second kappa shape index (κ2) is 5.53. The van der Waals surface area contributed by atoms with Crippen molar-refractivity contribution in [3.05, 3.63) is 71.5 Å². The van der Waals surface area contributed by atoms with Gasteiger partial charge in [-0.25, -0.2) is 0 Å². The highest BCUT2D eigenvalue weighted by Crippen LogP contribution is 2.37. The van der Waals surface area contributed by atoms with Crippen molar-refractivity contribution >= 4 is 63.3 Å². The molecule has 0 aliphatic carbocycles. The van der Waals surface area contributed by atoms with Gasteiger partial charge in [0, 0.05) is 43.4 Å². The van der Waals surface area contributed by atoms with Crippen LogP contribution in [0.5, 0.6) is 0 Å². The molecule has 4 heterocycles. The first-order valence-corrected chi connectivity index (χ1v) is 10.8. The minimum Gasteiger partial charge on any atom is -0.339 e. The van der Waals surface area contributed by atoms with E-state index in [4.69, 9.17) is 11.7 Å². The van der Waals surface area contributed by atoms with Gasteiger partial charge in [-0.05, 0) is 36.8 Å². The van der Waals surface area contributed by atoms with Gasteiger partial charge in [-0.3, -0.25) is 9.35 Å². The van der Waals surface area contributed by atoms with Crippen LogP contribution in [0.2, 0.25) is 0 Å². The van der Waals surface area contributed by atoms with Gasteiger partial charge in [0.2, 0.25) is 0 Å². The number of aryl methyl sites for hydroxylation is 1. The normalized spacial score (nSPS) is 12.2. The fourth-order valence-corrected chi connectivity index (χ4v) is 6.51. The molecule has 0 bridgehead atoms.